The van der Waals surface area contributed by atoms with E-state index in [0.717, 1.165) is 37.5 Å². The first kappa shape index (κ1) is 29.9. The van der Waals surface area contributed by atoms with Gasteiger partial charge in [0, 0.05) is 36.6 Å². The summed E-state index contributed by atoms with van der Waals surface area (Å²) < 4.78 is 52.9. The third kappa shape index (κ3) is 6.99. The number of rotatable bonds is 8. The Morgan fingerprint density at radius 3 is 2.37 bits per heavy atom. The van der Waals surface area contributed by atoms with Crippen molar-refractivity contribution in [2.45, 2.75) is 42.6 Å². The number of hydrogen-bond acceptors (Lipinski definition) is 9. The number of hydrogen-bond donors (Lipinski definition) is 3. The predicted octanol–water partition coefficient (Wildman–Crippen LogP) is 3.62. The minimum atomic E-state index is -3.67. The van der Waals surface area contributed by atoms with E-state index in [2.05, 4.69) is 10.2 Å². The lowest BCUT2D eigenvalue weighted by atomic mass is 9.85. The summed E-state index contributed by atoms with van der Waals surface area (Å²) in [4.78, 5) is 13.4. The molecule has 0 atom stereocenters. The molecular weight excluding hydrogens is 559 g/mol. The van der Waals surface area contributed by atoms with Gasteiger partial charge in [0.25, 0.3) is 0 Å². The van der Waals surface area contributed by atoms with Crippen LogP contribution in [0.2, 0.25) is 0 Å². The molecular formula is C26H31FN6O7S. The fourth-order valence-electron chi connectivity index (χ4n) is 4.88. The number of nitrogens with zero attached hydrogens (tertiary/aromatic N) is 5. The van der Waals surface area contributed by atoms with Crippen molar-refractivity contribution in [2.75, 3.05) is 32.3 Å². The number of carboxylic acid groups (broad SMARTS) is 2. The zero-order valence-corrected chi connectivity index (χ0v) is 23.3. The molecule has 0 amide bonds. The first-order valence-electron chi connectivity index (χ1n) is 12.7. The van der Waals surface area contributed by atoms with Gasteiger partial charge in [0.05, 0.1) is 43.1 Å². The molecule has 0 unspecified atom stereocenters. The number of aromatic nitrogens is 5. The lowest BCUT2D eigenvalue weighted by Gasteiger charge is -2.29. The standard InChI is InChI=1S/C25H29FN6O4S.CH2O3/c1-35-11-12-36-20-9-3-16(4-10-20)22-23(37(2,33)34)24(27)32-25(30-22)21(14-29-32)17-13-28-31(15-17)19-7-5-18(26)6-8-19;2-1(3)4/h5-8,13-16,20H,3-4,9-12,27H2,1-2H3;(H2,2,3,4). The molecule has 0 aliphatic heterocycles. The van der Waals surface area contributed by atoms with Crippen LogP contribution in [0.3, 0.4) is 0 Å². The van der Waals surface area contributed by atoms with E-state index in [9.17, 15) is 12.8 Å². The van der Waals surface area contributed by atoms with E-state index >= 15 is 0 Å². The van der Waals surface area contributed by atoms with E-state index in [-0.39, 0.29) is 28.6 Å². The summed E-state index contributed by atoms with van der Waals surface area (Å²) in [5, 5.41) is 22.7. The SMILES string of the molecule is COCCOC1CCC(c2nc3c(-c4cnn(-c5ccc(F)cc5)c4)cnn3c(N)c2S(C)(=O)=O)CC1.O=C(O)O. The molecule has 1 fully saturated rings. The Bertz CT molecular complexity index is 1610. The van der Waals surface area contributed by atoms with Gasteiger partial charge in [-0.25, -0.2) is 27.3 Å². The third-order valence-corrected chi connectivity index (χ3v) is 7.88. The summed E-state index contributed by atoms with van der Waals surface area (Å²) in [7, 11) is -2.03. The molecule has 1 aliphatic rings. The summed E-state index contributed by atoms with van der Waals surface area (Å²) in [5.74, 6) is -0.370. The maximum atomic E-state index is 13.3. The first-order valence-corrected chi connectivity index (χ1v) is 14.6. The van der Waals surface area contributed by atoms with Crippen molar-refractivity contribution in [2.24, 2.45) is 0 Å². The number of benzene rings is 1. The van der Waals surface area contributed by atoms with Crippen molar-refractivity contribution in [3.8, 4) is 16.8 Å². The Labute approximate surface area is 235 Å². The van der Waals surface area contributed by atoms with E-state index in [1.807, 2.05) is 0 Å². The van der Waals surface area contributed by atoms with Crippen LogP contribution in [0.4, 0.5) is 15.0 Å². The van der Waals surface area contributed by atoms with Gasteiger partial charge in [-0.1, -0.05) is 0 Å². The maximum absolute atomic E-state index is 13.3. The topological polar surface area (TPSA) is 184 Å². The highest BCUT2D eigenvalue weighted by Crippen LogP contribution is 2.39. The Morgan fingerprint density at radius 1 is 1.10 bits per heavy atom. The molecule has 220 valence electrons. The van der Waals surface area contributed by atoms with Crippen LogP contribution < -0.4 is 5.73 Å². The molecule has 3 heterocycles. The highest BCUT2D eigenvalue weighted by atomic mass is 32.2. The predicted molar refractivity (Wildman–Crippen MR) is 147 cm³/mol. The molecule has 3 aromatic heterocycles. The van der Waals surface area contributed by atoms with Crippen LogP contribution in [-0.4, -0.2) is 81.8 Å². The summed E-state index contributed by atoms with van der Waals surface area (Å²) in [6.45, 7) is 1.07. The molecule has 1 saturated carbocycles. The number of nitrogens with two attached hydrogens (primary N) is 1. The number of methoxy groups -OCH3 is 1. The minimum Gasteiger partial charge on any atom is -0.450 e. The molecule has 0 spiro atoms. The minimum absolute atomic E-state index is 0.0282. The lowest BCUT2D eigenvalue weighted by Crippen LogP contribution is -2.24. The van der Waals surface area contributed by atoms with Crippen molar-refractivity contribution in [1.82, 2.24) is 24.4 Å². The van der Waals surface area contributed by atoms with Crippen molar-refractivity contribution in [3.63, 3.8) is 0 Å². The third-order valence-electron chi connectivity index (χ3n) is 6.72. The molecule has 0 bridgehead atoms. The Kier molecular flexibility index (Phi) is 9.20. The van der Waals surface area contributed by atoms with Gasteiger partial charge < -0.3 is 25.4 Å². The smallest absolute Gasteiger partial charge is 0.450 e. The van der Waals surface area contributed by atoms with Gasteiger partial charge in [-0.05, 0) is 49.9 Å². The number of nitrogen functional groups attached to an aromatic ring is 1. The highest BCUT2D eigenvalue weighted by molar-refractivity contribution is 7.91. The molecule has 4 aromatic rings. The van der Waals surface area contributed by atoms with Gasteiger partial charge in [0.2, 0.25) is 0 Å². The Hall–Kier alpha value is -4.08. The van der Waals surface area contributed by atoms with Gasteiger partial charge in [-0.3, -0.25) is 0 Å². The molecule has 0 radical (unpaired) electrons. The van der Waals surface area contributed by atoms with Crippen LogP contribution in [0.15, 0.2) is 47.8 Å². The van der Waals surface area contributed by atoms with E-state index in [0.29, 0.717) is 35.8 Å². The zero-order chi connectivity index (χ0) is 29.7. The normalized spacial score (nSPS) is 17.2. The van der Waals surface area contributed by atoms with E-state index in [1.165, 1.54) is 16.6 Å². The fraction of sp³-hybridized carbons (Fsp3) is 0.385. The van der Waals surface area contributed by atoms with E-state index in [1.54, 1.807) is 42.5 Å². The molecule has 5 rings (SSSR count). The zero-order valence-electron chi connectivity index (χ0n) is 22.5. The van der Waals surface area contributed by atoms with Gasteiger partial charge in [-0.2, -0.15) is 14.7 Å². The molecule has 1 aliphatic carbocycles. The molecule has 15 heteroatoms. The molecule has 0 saturated heterocycles. The van der Waals surface area contributed by atoms with Crippen molar-refractivity contribution in [3.05, 3.63) is 54.4 Å². The molecule has 13 nitrogen and oxygen atoms in total. The van der Waals surface area contributed by atoms with Crippen molar-refractivity contribution >= 4 is 27.5 Å². The second kappa shape index (κ2) is 12.6. The number of sulfone groups is 1. The number of carbonyl (C=O) groups is 1. The van der Waals surface area contributed by atoms with Gasteiger partial charge in [-0.15, -0.1) is 0 Å². The summed E-state index contributed by atoms with van der Waals surface area (Å²) in [5.41, 5.74) is 9.41. The highest BCUT2D eigenvalue weighted by Gasteiger charge is 2.32. The quantitative estimate of drug-likeness (QED) is 0.255. The summed E-state index contributed by atoms with van der Waals surface area (Å²) in [6, 6.07) is 5.99. The molecule has 4 N–H and O–H groups in total. The molecule has 1 aromatic carbocycles. The number of anilines is 1. The maximum Gasteiger partial charge on any atom is 0.503 e. The summed E-state index contributed by atoms with van der Waals surface area (Å²) in [6.07, 6.45) is 7.51. The first-order chi connectivity index (χ1) is 19.5. The van der Waals surface area contributed by atoms with Gasteiger partial charge in [0.15, 0.2) is 15.5 Å². The van der Waals surface area contributed by atoms with Crippen LogP contribution in [0.5, 0.6) is 0 Å². The Morgan fingerprint density at radius 2 is 1.76 bits per heavy atom. The average molecular weight is 591 g/mol. The average Bonchev–Trinajstić information content (AvgIpc) is 3.56. The molecule has 41 heavy (non-hydrogen) atoms. The Balaban J connectivity index is 0.000000909. The van der Waals surface area contributed by atoms with E-state index < -0.39 is 16.0 Å². The van der Waals surface area contributed by atoms with Crippen LogP contribution >= 0.6 is 0 Å². The van der Waals surface area contributed by atoms with Crippen molar-refractivity contribution < 1.29 is 37.3 Å². The lowest BCUT2D eigenvalue weighted by molar-refractivity contribution is -0.00308. The van der Waals surface area contributed by atoms with Gasteiger partial charge >= 0.3 is 6.16 Å². The van der Waals surface area contributed by atoms with E-state index in [4.69, 9.17) is 35.2 Å². The van der Waals surface area contributed by atoms with Crippen LogP contribution in [0.1, 0.15) is 37.3 Å². The number of ether oxygens (including phenoxy) is 2. The second-order valence-electron chi connectivity index (χ2n) is 9.55. The van der Waals surface area contributed by atoms with Crippen LogP contribution in [-0.2, 0) is 19.3 Å². The monoisotopic (exact) mass is 590 g/mol. The van der Waals surface area contributed by atoms with Crippen molar-refractivity contribution in [1.29, 1.82) is 0 Å². The number of fused-ring (bicyclic) bond motifs is 1. The van der Waals surface area contributed by atoms with Crippen LogP contribution in [0, 0.1) is 5.82 Å². The van der Waals surface area contributed by atoms with Crippen LogP contribution in [0.25, 0.3) is 22.5 Å². The number of halogens is 1. The van der Waals surface area contributed by atoms with Gasteiger partial charge in [0.1, 0.15) is 16.5 Å². The second-order valence-corrected chi connectivity index (χ2v) is 11.5. The fourth-order valence-corrected chi connectivity index (χ4v) is 5.93. The largest absolute Gasteiger partial charge is 0.503 e. The summed E-state index contributed by atoms with van der Waals surface area (Å²) >= 11 is 0.